The van der Waals surface area contributed by atoms with Gasteiger partial charge in [0.2, 0.25) is 0 Å². The summed E-state index contributed by atoms with van der Waals surface area (Å²) in [7, 11) is 4.02. The van der Waals surface area contributed by atoms with Gasteiger partial charge in [-0.25, -0.2) is 4.39 Å². The standard InChI is InChI=1S/C12H18FN3S/c1-16(2)8-7-14-12(17)15-9-10-3-5-11(13)6-4-10/h3-6H,7-9H2,1-2H3,(H2,14,15,17). The third-order valence-electron chi connectivity index (χ3n) is 2.21. The fraction of sp³-hybridized carbons (Fsp3) is 0.417. The van der Waals surface area contributed by atoms with Gasteiger partial charge in [-0.2, -0.15) is 0 Å². The van der Waals surface area contributed by atoms with E-state index in [9.17, 15) is 4.39 Å². The maximum Gasteiger partial charge on any atom is 0.166 e. The minimum absolute atomic E-state index is 0.222. The number of likely N-dealkylation sites (N-methyl/N-ethyl adjacent to an activating group) is 1. The Morgan fingerprint density at radius 3 is 2.47 bits per heavy atom. The van der Waals surface area contributed by atoms with Gasteiger partial charge in [0.05, 0.1) is 0 Å². The Morgan fingerprint density at radius 1 is 1.24 bits per heavy atom. The number of nitrogens with zero attached hydrogens (tertiary/aromatic N) is 1. The quantitative estimate of drug-likeness (QED) is 0.777. The summed E-state index contributed by atoms with van der Waals surface area (Å²) < 4.78 is 12.7. The Labute approximate surface area is 107 Å². The van der Waals surface area contributed by atoms with Gasteiger partial charge in [-0.3, -0.25) is 0 Å². The fourth-order valence-electron chi connectivity index (χ4n) is 1.24. The topological polar surface area (TPSA) is 27.3 Å². The maximum absolute atomic E-state index is 12.7. The lowest BCUT2D eigenvalue weighted by Crippen LogP contribution is -2.38. The molecule has 1 aromatic rings. The second kappa shape index (κ2) is 7.19. The van der Waals surface area contributed by atoms with Crippen LogP contribution in [0.5, 0.6) is 0 Å². The average Bonchev–Trinajstić information content (AvgIpc) is 2.28. The molecule has 0 amide bonds. The van der Waals surface area contributed by atoms with E-state index in [4.69, 9.17) is 12.2 Å². The third kappa shape index (κ3) is 6.19. The molecular weight excluding hydrogens is 237 g/mol. The smallest absolute Gasteiger partial charge is 0.166 e. The summed E-state index contributed by atoms with van der Waals surface area (Å²) in [5.41, 5.74) is 1.00. The number of benzene rings is 1. The van der Waals surface area contributed by atoms with Crippen LogP contribution < -0.4 is 10.6 Å². The predicted molar refractivity (Wildman–Crippen MR) is 72.4 cm³/mol. The van der Waals surface area contributed by atoms with Crippen molar-refractivity contribution in [2.75, 3.05) is 27.2 Å². The van der Waals surface area contributed by atoms with Crippen LogP contribution in [0, 0.1) is 5.82 Å². The maximum atomic E-state index is 12.7. The lowest BCUT2D eigenvalue weighted by molar-refractivity contribution is 0.412. The van der Waals surface area contributed by atoms with E-state index in [1.165, 1.54) is 12.1 Å². The first-order valence-electron chi connectivity index (χ1n) is 5.49. The lowest BCUT2D eigenvalue weighted by Gasteiger charge is -2.13. The van der Waals surface area contributed by atoms with E-state index in [-0.39, 0.29) is 5.82 Å². The highest BCUT2D eigenvalue weighted by Crippen LogP contribution is 2.01. The molecule has 0 saturated heterocycles. The second-order valence-electron chi connectivity index (χ2n) is 4.04. The molecular formula is C12H18FN3S. The summed E-state index contributed by atoms with van der Waals surface area (Å²) in [5, 5.41) is 6.79. The van der Waals surface area contributed by atoms with Crippen molar-refractivity contribution in [3.05, 3.63) is 35.6 Å². The van der Waals surface area contributed by atoms with Gasteiger partial charge >= 0.3 is 0 Å². The van der Waals surface area contributed by atoms with Crippen molar-refractivity contribution < 1.29 is 4.39 Å². The molecule has 3 nitrogen and oxygen atoms in total. The molecule has 17 heavy (non-hydrogen) atoms. The second-order valence-corrected chi connectivity index (χ2v) is 4.45. The molecule has 0 spiro atoms. The zero-order chi connectivity index (χ0) is 12.7. The molecule has 0 aromatic heterocycles. The first-order valence-corrected chi connectivity index (χ1v) is 5.89. The largest absolute Gasteiger partial charge is 0.361 e. The summed E-state index contributed by atoms with van der Waals surface area (Å²) >= 11 is 5.12. The molecule has 0 aliphatic heterocycles. The minimum atomic E-state index is -0.222. The molecule has 1 aromatic carbocycles. The summed E-state index contributed by atoms with van der Waals surface area (Å²) in [4.78, 5) is 2.08. The van der Waals surface area contributed by atoms with E-state index in [2.05, 4.69) is 15.5 Å². The zero-order valence-corrected chi connectivity index (χ0v) is 11.0. The Hall–Kier alpha value is -1.20. The lowest BCUT2D eigenvalue weighted by atomic mass is 10.2. The Kier molecular flexibility index (Phi) is 5.86. The molecule has 0 unspecified atom stereocenters. The number of rotatable bonds is 5. The van der Waals surface area contributed by atoms with E-state index in [1.54, 1.807) is 12.1 Å². The molecule has 0 radical (unpaired) electrons. The van der Waals surface area contributed by atoms with Crippen LogP contribution in [-0.2, 0) is 6.54 Å². The van der Waals surface area contributed by atoms with Crippen molar-refractivity contribution in [3.63, 3.8) is 0 Å². The Balaban J connectivity index is 2.21. The monoisotopic (exact) mass is 255 g/mol. The van der Waals surface area contributed by atoms with Gasteiger partial charge in [0.25, 0.3) is 0 Å². The summed E-state index contributed by atoms with van der Waals surface area (Å²) in [6, 6.07) is 6.37. The molecule has 0 atom stereocenters. The van der Waals surface area contributed by atoms with Crippen molar-refractivity contribution >= 4 is 17.3 Å². The van der Waals surface area contributed by atoms with E-state index in [0.29, 0.717) is 11.7 Å². The van der Waals surface area contributed by atoms with Crippen molar-refractivity contribution in [1.82, 2.24) is 15.5 Å². The molecule has 0 bridgehead atoms. The van der Waals surface area contributed by atoms with Crippen molar-refractivity contribution in [2.45, 2.75) is 6.54 Å². The van der Waals surface area contributed by atoms with Crippen LogP contribution in [0.1, 0.15) is 5.56 Å². The van der Waals surface area contributed by atoms with E-state index >= 15 is 0 Å². The highest BCUT2D eigenvalue weighted by molar-refractivity contribution is 7.80. The molecule has 2 N–H and O–H groups in total. The van der Waals surface area contributed by atoms with Crippen LogP contribution >= 0.6 is 12.2 Å². The normalized spacial score (nSPS) is 10.4. The van der Waals surface area contributed by atoms with Gasteiger partial charge in [-0.15, -0.1) is 0 Å². The number of hydrogen-bond donors (Lipinski definition) is 2. The average molecular weight is 255 g/mol. The molecule has 0 heterocycles. The minimum Gasteiger partial charge on any atom is -0.361 e. The van der Waals surface area contributed by atoms with Crippen LogP contribution in [0.3, 0.4) is 0 Å². The van der Waals surface area contributed by atoms with Crippen LogP contribution in [0.4, 0.5) is 4.39 Å². The van der Waals surface area contributed by atoms with Gasteiger partial charge in [0, 0.05) is 19.6 Å². The van der Waals surface area contributed by atoms with Gasteiger partial charge in [0.1, 0.15) is 5.82 Å². The molecule has 0 saturated carbocycles. The highest BCUT2D eigenvalue weighted by atomic mass is 32.1. The first kappa shape index (κ1) is 13.9. The SMILES string of the molecule is CN(C)CCNC(=S)NCc1ccc(F)cc1. The zero-order valence-electron chi connectivity index (χ0n) is 10.2. The van der Waals surface area contributed by atoms with E-state index in [1.807, 2.05) is 14.1 Å². The third-order valence-corrected chi connectivity index (χ3v) is 2.50. The molecule has 0 aliphatic carbocycles. The highest BCUT2D eigenvalue weighted by Gasteiger charge is 1.97. The molecule has 0 aliphatic rings. The Bertz CT molecular complexity index is 351. The van der Waals surface area contributed by atoms with Crippen LogP contribution in [-0.4, -0.2) is 37.2 Å². The molecule has 0 fully saturated rings. The fourth-order valence-corrected chi connectivity index (χ4v) is 1.41. The van der Waals surface area contributed by atoms with Gasteiger partial charge in [-0.1, -0.05) is 12.1 Å². The molecule has 1 rings (SSSR count). The number of nitrogens with one attached hydrogen (secondary N) is 2. The van der Waals surface area contributed by atoms with Crippen LogP contribution in [0.25, 0.3) is 0 Å². The van der Waals surface area contributed by atoms with Crippen LogP contribution in [0.2, 0.25) is 0 Å². The summed E-state index contributed by atoms with van der Waals surface area (Å²) in [6.45, 7) is 2.34. The summed E-state index contributed by atoms with van der Waals surface area (Å²) in [5.74, 6) is -0.222. The van der Waals surface area contributed by atoms with Crippen molar-refractivity contribution in [3.8, 4) is 0 Å². The van der Waals surface area contributed by atoms with E-state index in [0.717, 1.165) is 18.7 Å². The van der Waals surface area contributed by atoms with Gasteiger partial charge < -0.3 is 15.5 Å². The number of hydrogen-bond acceptors (Lipinski definition) is 2. The number of thiocarbonyl (C=S) groups is 1. The van der Waals surface area contributed by atoms with Crippen molar-refractivity contribution in [1.29, 1.82) is 0 Å². The predicted octanol–water partition coefficient (Wildman–Crippen LogP) is 1.35. The Morgan fingerprint density at radius 2 is 1.88 bits per heavy atom. The van der Waals surface area contributed by atoms with Crippen molar-refractivity contribution in [2.24, 2.45) is 0 Å². The first-order chi connectivity index (χ1) is 8.08. The van der Waals surface area contributed by atoms with Gasteiger partial charge in [-0.05, 0) is 44.0 Å². The van der Waals surface area contributed by atoms with Gasteiger partial charge in [0.15, 0.2) is 5.11 Å². The van der Waals surface area contributed by atoms with E-state index < -0.39 is 0 Å². The molecule has 5 heteroatoms. The number of halogens is 1. The molecule has 94 valence electrons. The van der Waals surface area contributed by atoms with Crippen LogP contribution in [0.15, 0.2) is 24.3 Å². The summed E-state index contributed by atoms with van der Waals surface area (Å²) in [6.07, 6.45) is 0.